The molecular weight excluding hydrogens is 582 g/mol. The van der Waals surface area contributed by atoms with Crippen molar-refractivity contribution in [2.24, 2.45) is 5.73 Å². The van der Waals surface area contributed by atoms with E-state index in [1.807, 2.05) is 80.3 Å². The molecule has 0 saturated heterocycles. The number of rotatable bonds is 14. The number of halogens is 1. The Balaban J connectivity index is 1.90. The van der Waals surface area contributed by atoms with Crippen LogP contribution in [0.4, 0.5) is 0 Å². The number of aryl methyl sites for hydroxylation is 1. The van der Waals surface area contributed by atoms with Crippen molar-refractivity contribution in [2.45, 2.75) is 58.7 Å². The summed E-state index contributed by atoms with van der Waals surface area (Å²) in [4.78, 5) is 30.8. The van der Waals surface area contributed by atoms with Gasteiger partial charge in [0.25, 0.3) is 11.8 Å². The molecule has 220 valence electrons. The van der Waals surface area contributed by atoms with Crippen LogP contribution in [0.5, 0.6) is 5.75 Å². The molecule has 2 amide bonds. The van der Waals surface area contributed by atoms with Gasteiger partial charge in [-0.05, 0) is 85.3 Å². The number of hydrogen-bond acceptors (Lipinski definition) is 5. The predicted octanol–water partition coefficient (Wildman–Crippen LogP) is 5.60. The van der Waals surface area contributed by atoms with Gasteiger partial charge in [-0.3, -0.25) is 9.59 Å². The monoisotopic (exact) mass is 623 g/mol. The summed E-state index contributed by atoms with van der Waals surface area (Å²) in [6, 6.07) is 20.0. The summed E-state index contributed by atoms with van der Waals surface area (Å²) in [7, 11) is 1.60. The lowest BCUT2D eigenvalue weighted by Crippen LogP contribution is -2.46. The molecule has 8 heteroatoms. The smallest absolute Gasteiger partial charge is 0.254 e. The Morgan fingerprint density at radius 2 is 1.51 bits per heavy atom. The summed E-state index contributed by atoms with van der Waals surface area (Å²) in [5, 5.41) is 11.2. The average Bonchev–Trinajstić information content (AvgIpc) is 2.95. The maximum atomic E-state index is 14.0. The van der Waals surface area contributed by atoms with Gasteiger partial charge in [0.1, 0.15) is 5.75 Å². The number of nitrogens with two attached hydrogens (primary N) is 1. The van der Waals surface area contributed by atoms with Gasteiger partial charge in [0.05, 0.1) is 13.2 Å². The van der Waals surface area contributed by atoms with Crippen LogP contribution in [0.3, 0.4) is 0 Å². The number of carbonyl (C=O) groups is 2. The van der Waals surface area contributed by atoms with E-state index in [2.05, 4.69) is 15.9 Å². The van der Waals surface area contributed by atoms with Gasteiger partial charge in [0.15, 0.2) is 0 Å². The van der Waals surface area contributed by atoms with E-state index in [1.165, 1.54) is 0 Å². The zero-order chi connectivity index (χ0) is 29.9. The van der Waals surface area contributed by atoms with Crippen LogP contribution in [0.1, 0.15) is 64.1 Å². The summed E-state index contributed by atoms with van der Waals surface area (Å²) in [6.45, 7) is 7.56. The molecular formula is C33H42BrN3O4. The van der Waals surface area contributed by atoms with E-state index in [9.17, 15) is 14.7 Å². The minimum absolute atomic E-state index is 0.0280. The lowest BCUT2D eigenvalue weighted by atomic mass is 10.0. The van der Waals surface area contributed by atoms with E-state index in [1.54, 1.807) is 24.1 Å². The van der Waals surface area contributed by atoms with Crippen molar-refractivity contribution < 1.29 is 19.4 Å². The van der Waals surface area contributed by atoms with Crippen LogP contribution in [0.15, 0.2) is 71.2 Å². The molecule has 0 bridgehead atoms. The average molecular weight is 625 g/mol. The van der Waals surface area contributed by atoms with E-state index in [0.29, 0.717) is 36.4 Å². The third-order valence-electron chi connectivity index (χ3n) is 6.90. The van der Waals surface area contributed by atoms with Crippen molar-refractivity contribution in [2.75, 3.05) is 26.7 Å². The Labute approximate surface area is 252 Å². The largest absolute Gasteiger partial charge is 0.497 e. The van der Waals surface area contributed by atoms with Crippen molar-refractivity contribution >= 4 is 27.7 Å². The highest BCUT2D eigenvalue weighted by Gasteiger charge is 2.25. The molecule has 41 heavy (non-hydrogen) atoms. The molecule has 0 saturated carbocycles. The number of benzene rings is 3. The summed E-state index contributed by atoms with van der Waals surface area (Å²) in [6.07, 6.45) is 1.19. The fourth-order valence-corrected chi connectivity index (χ4v) is 5.34. The number of hydrogen-bond donors (Lipinski definition) is 2. The predicted molar refractivity (Wildman–Crippen MR) is 167 cm³/mol. The van der Waals surface area contributed by atoms with Gasteiger partial charge in [-0.15, -0.1) is 0 Å². The molecule has 0 fully saturated rings. The Morgan fingerprint density at radius 1 is 0.902 bits per heavy atom. The van der Waals surface area contributed by atoms with Crippen molar-refractivity contribution in [3.05, 3.63) is 99.0 Å². The highest BCUT2D eigenvalue weighted by Crippen LogP contribution is 2.20. The zero-order valence-corrected chi connectivity index (χ0v) is 26.1. The van der Waals surface area contributed by atoms with Crippen LogP contribution < -0.4 is 10.5 Å². The molecule has 2 atom stereocenters. The minimum atomic E-state index is -0.973. The number of aliphatic hydroxyl groups is 1. The van der Waals surface area contributed by atoms with E-state index < -0.39 is 12.1 Å². The van der Waals surface area contributed by atoms with Crippen LogP contribution in [0.2, 0.25) is 0 Å². The maximum Gasteiger partial charge on any atom is 0.254 e. The first-order valence-electron chi connectivity index (χ1n) is 14.2. The molecule has 3 aromatic rings. The van der Waals surface area contributed by atoms with Gasteiger partial charge >= 0.3 is 0 Å². The molecule has 7 nitrogen and oxygen atoms in total. The highest BCUT2D eigenvalue weighted by atomic mass is 79.9. The summed E-state index contributed by atoms with van der Waals surface area (Å²) in [5.74, 6) is 0.316. The number of ether oxygens (including phenoxy) is 1. The summed E-state index contributed by atoms with van der Waals surface area (Å²) in [5.41, 5.74) is 9.98. The van der Waals surface area contributed by atoms with E-state index in [-0.39, 0.29) is 24.9 Å². The Morgan fingerprint density at radius 3 is 2.12 bits per heavy atom. The van der Waals surface area contributed by atoms with E-state index >= 15 is 0 Å². The molecule has 0 spiro atoms. The third-order valence-corrected chi connectivity index (χ3v) is 7.40. The Bertz CT molecular complexity index is 1310. The molecule has 3 N–H and O–H groups in total. The lowest BCUT2D eigenvalue weighted by Gasteiger charge is -2.29. The lowest BCUT2D eigenvalue weighted by molar-refractivity contribution is 0.0554. The topological polar surface area (TPSA) is 96.1 Å². The van der Waals surface area contributed by atoms with Crippen LogP contribution >= 0.6 is 15.9 Å². The quantitative estimate of drug-likeness (QED) is 0.244. The highest BCUT2D eigenvalue weighted by molar-refractivity contribution is 9.10. The first kappa shape index (κ1) is 32.3. The first-order chi connectivity index (χ1) is 19.6. The van der Waals surface area contributed by atoms with Gasteiger partial charge in [-0.1, -0.05) is 54.0 Å². The van der Waals surface area contributed by atoms with Crippen molar-refractivity contribution in [3.63, 3.8) is 0 Å². The summed E-state index contributed by atoms with van der Waals surface area (Å²) >= 11 is 3.48. The van der Waals surface area contributed by atoms with Crippen molar-refractivity contribution in [3.8, 4) is 5.75 Å². The van der Waals surface area contributed by atoms with Gasteiger partial charge in [-0.2, -0.15) is 0 Å². The molecule has 0 heterocycles. The third kappa shape index (κ3) is 9.42. The molecule has 3 aromatic carbocycles. The molecule has 0 aliphatic heterocycles. The number of methoxy groups -OCH3 is 1. The van der Waals surface area contributed by atoms with Gasteiger partial charge < -0.3 is 25.4 Å². The van der Waals surface area contributed by atoms with Crippen LogP contribution in [0.25, 0.3) is 0 Å². The van der Waals surface area contributed by atoms with Gasteiger partial charge in [0.2, 0.25) is 0 Å². The number of nitrogens with zero attached hydrogens (tertiary/aromatic N) is 2. The molecule has 0 radical (unpaired) electrons. The van der Waals surface area contributed by atoms with Gasteiger partial charge in [0, 0.05) is 47.8 Å². The fraction of sp³-hybridized carbons (Fsp3) is 0.394. The minimum Gasteiger partial charge on any atom is -0.497 e. The number of aliphatic hydroxyl groups excluding tert-OH is 1. The second-order valence-corrected chi connectivity index (χ2v) is 11.4. The van der Waals surface area contributed by atoms with E-state index in [4.69, 9.17) is 10.5 Å². The summed E-state index contributed by atoms with van der Waals surface area (Å²) < 4.78 is 6.32. The fourth-order valence-electron chi connectivity index (χ4n) is 4.89. The first-order valence-corrected chi connectivity index (χ1v) is 15.0. The second kappa shape index (κ2) is 15.7. The Hall–Kier alpha value is -3.20. The normalized spacial score (nSPS) is 12.5. The van der Waals surface area contributed by atoms with Crippen molar-refractivity contribution in [1.82, 2.24) is 9.80 Å². The van der Waals surface area contributed by atoms with Crippen LogP contribution in [-0.4, -0.2) is 65.6 Å². The maximum absolute atomic E-state index is 14.0. The van der Waals surface area contributed by atoms with Crippen molar-refractivity contribution in [1.29, 1.82) is 0 Å². The molecule has 0 unspecified atom stereocenters. The standard InChI is InChI=1S/C33H42BrN3O4/c1-5-13-36(14-6-2)32(39)26-15-23(3)16-27(20-26)33(40)37(21-25-10-8-12-29(18-25)41-4)22-31(38)30(35)19-24-9-7-11-28(34)17-24/h7-12,15-18,20,30-31,38H,5-6,13-14,19,21-22,35H2,1-4H3/t30-,31+/m0/s1. The van der Waals surface area contributed by atoms with Gasteiger partial charge in [-0.25, -0.2) is 0 Å². The number of carbonyl (C=O) groups excluding carboxylic acids is 2. The van der Waals surface area contributed by atoms with Crippen LogP contribution in [0, 0.1) is 6.92 Å². The molecule has 0 aliphatic rings. The SMILES string of the molecule is CCCN(CCC)C(=O)c1cc(C)cc(C(=O)N(Cc2cccc(OC)c2)C[C@@H](O)[C@@H](N)Cc2cccc(Br)c2)c1. The van der Waals surface area contributed by atoms with Crippen LogP contribution in [-0.2, 0) is 13.0 Å². The van der Waals surface area contributed by atoms with E-state index in [0.717, 1.165) is 34.0 Å². The Kier molecular flexibility index (Phi) is 12.4. The molecule has 0 aromatic heterocycles. The number of amides is 2. The second-order valence-electron chi connectivity index (χ2n) is 10.5. The zero-order valence-electron chi connectivity index (χ0n) is 24.5. The molecule has 0 aliphatic carbocycles. The molecule has 3 rings (SSSR count).